The van der Waals surface area contributed by atoms with Crippen molar-refractivity contribution >= 4 is 23.0 Å². The number of aromatic amines is 1. The molecule has 0 fully saturated rings. The van der Waals surface area contributed by atoms with E-state index in [4.69, 9.17) is 4.74 Å². The topological polar surface area (TPSA) is 82.9 Å². The Kier molecular flexibility index (Phi) is 5.70. The Hall–Kier alpha value is -3.74. The minimum absolute atomic E-state index is 0.109. The standard InChI is InChI=1S/C23H23N5O2/c1-16(25-13-12-18-14-24-15-26-18)21-22(17-6-4-3-5-7-17)27-28(23(21)29)19-8-10-20(30-2)11-9-19/h3-11,14-15,21H,12-13H2,1-2H3,(H,24,26). The predicted molar refractivity (Wildman–Crippen MR) is 117 cm³/mol. The number of aliphatic imine (C=N–C) groups is 1. The lowest BCUT2D eigenvalue weighted by molar-refractivity contribution is -0.118. The highest BCUT2D eigenvalue weighted by molar-refractivity contribution is 6.32. The Balaban J connectivity index is 1.63. The van der Waals surface area contributed by atoms with Gasteiger partial charge in [-0.1, -0.05) is 30.3 Å². The summed E-state index contributed by atoms with van der Waals surface area (Å²) in [5, 5.41) is 6.15. The first-order valence-electron chi connectivity index (χ1n) is 9.77. The molecule has 30 heavy (non-hydrogen) atoms. The van der Waals surface area contributed by atoms with Gasteiger partial charge < -0.3 is 9.72 Å². The number of methoxy groups -OCH3 is 1. The smallest absolute Gasteiger partial charge is 0.262 e. The molecule has 2 aromatic carbocycles. The van der Waals surface area contributed by atoms with Crippen molar-refractivity contribution in [1.29, 1.82) is 0 Å². The average Bonchev–Trinajstić information content (AvgIpc) is 3.42. The lowest BCUT2D eigenvalue weighted by Crippen LogP contribution is -2.32. The normalized spacial score (nSPS) is 16.7. The van der Waals surface area contributed by atoms with Crippen LogP contribution in [0.1, 0.15) is 18.2 Å². The number of H-pyrrole nitrogens is 1. The molecule has 1 N–H and O–H groups in total. The van der Waals surface area contributed by atoms with Gasteiger partial charge in [0.25, 0.3) is 5.91 Å². The molecular formula is C23H23N5O2. The summed E-state index contributed by atoms with van der Waals surface area (Å²) in [6, 6.07) is 17.1. The van der Waals surface area contributed by atoms with E-state index in [2.05, 4.69) is 20.1 Å². The van der Waals surface area contributed by atoms with Crippen molar-refractivity contribution in [3.8, 4) is 5.75 Å². The summed E-state index contributed by atoms with van der Waals surface area (Å²) in [5.74, 6) is 0.101. The monoisotopic (exact) mass is 401 g/mol. The maximum Gasteiger partial charge on any atom is 0.262 e. The molecule has 1 amide bonds. The van der Waals surface area contributed by atoms with E-state index in [1.165, 1.54) is 5.01 Å². The van der Waals surface area contributed by atoms with Crippen molar-refractivity contribution in [3.63, 3.8) is 0 Å². The van der Waals surface area contributed by atoms with Crippen LogP contribution in [0.15, 0.2) is 77.2 Å². The summed E-state index contributed by atoms with van der Waals surface area (Å²) < 4.78 is 5.22. The highest BCUT2D eigenvalue weighted by Gasteiger charge is 2.39. The Morgan fingerprint density at radius 3 is 2.60 bits per heavy atom. The fraction of sp³-hybridized carbons (Fsp3) is 0.217. The number of anilines is 1. The van der Waals surface area contributed by atoms with Crippen LogP contribution in [0.25, 0.3) is 0 Å². The Morgan fingerprint density at radius 2 is 1.93 bits per heavy atom. The van der Waals surface area contributed by atoms with Gasteiger partial charge in [-0.05, 0) is 36.8 Å². The third-order valence-electron chi connectivity index (χ3n) is 5.04. The number of rotatable bonds is 7. The van der Waals surface area contributed by atoms with Gasteiger partial charge in [0.15, 0.2) is 0 Å². The molecule has 7 heteroatoms. The molecular weight excluding hydrogens is 378 g/mol. The molecule has 152 valence electrons. The summed E-state index contributed by atoms with van der Waals surface area (Å²) in [6.45, 7) is 2.47. The average molecular weight is 401 g/mol. The molecule has 0 saturated carbocycles. The SMILES string of the molecule is COc1ccc(N2N=C(c3ccccc3)C(C(C)=NCCc3cnc[nH]3)C2=O)cc1. The molecule has 0 aliphatic carbocycles. The van der Waals surface area contributed by atoms with Crippen LogP contribution in [0, 0.1) is 5.92 Å². The lowest BCUT2D eigenvalue weighted by atomic mass is 9.93. The summed E-state index contributed by atoms with van der Waals surface area (Å²) in [7, 11) is 1.61. The lowest BCUT2D eigenvalue weighted by Gasteiger charge is -2.15. The quantitative estimate of drug-likeness (QED) is 0.615. The molecule has 7 nitrogen and oxygen atoms in total. The summed E-state index contributed by atoms with van der Waals surface area (Å²) in [6.07, 6.45) is 4.17. The number of carbonyl (C=O) groups excluding carboxylic acids is 1. The maximum atomic E-state index is 13.4. The predicted octanol–water partition coefficient (Wildman–Crippen LogP) is 3.49. The number of hydrazone groups is 1. The van der Waals surface area contributed by atoms with E-state index in [9.17, 15) is 4.79 Å². The molecule has 2 heterocycles. The van der Waals surface area contributed by atoms with Crippen LogP contribution in [0.3, 0.4) is 0 Å². The summed E-state index contributed by atoms with van der Waals surface area (Å²) >= 11 is 0. The third-order valence-corrected chi connectivity index (χ3v) is 5.04. The van der Waals surface area contributed by atoms with Gasteiger partial charge in [0.05, 0.1) is 24.8 Å². The molecule has 0 bridgehead atoms. The van der Waals surface area contributed by atoms with Crippen molar-refractivity contribution in [1.82, 2.24) is 9.97 Å². The van der Waals surface area contributed by atoms with E-state index in [1.807, 2.05) is 61.5 Å². The van der Waals surface area contributed by atoms with Gasteiger partial charge in [0.2, 0.25) is 0 Å². The number of hydrogen-bond donors (Lipinski definition) is 1. The summed E-state index contributed by atoms with van der Waals surface area (Å²) in [5.41, 5.74) is 4.08. The molecule has 1 unspecified atom stereocenters. The first-order chi connectivity index (χ1) is 14.7. The zero-order valence-corrected chi connectivity index (χ0v) is 16.9. The molecule has 1 aliphatic heterocycles. The van der Waals surface area contributed by atoms with Gasteiger partial charge in [-0.15, -0.1) is 0 Å². The number of nitrogens with one attached hydrogen (secondary N) is 1. The van der Waals surface area contributed by atoms with Gasteiger partial charge in [0.1, 0.15) is 11.7 Å². The van der Waals surface area contributed by atoms with Crippen LogP contribution >= 0.6 is 0 Å². The maximum absolute atomic E-state index is 13.4. The largest absolute Gasteiger partial charge is 0.497 e. The molecule has 0 radical (unpaired) electrons. The second-order valence-corrected chi connectivity index (χ2v) is 6.98. The summed E-state index contributed by atoms with van der Waals surface area (Å²) in [4.78, 5) is 25.1. The van der Waals surface area contributed by atoms with Gasteiger partial charge in [-0.2, -0.15) is 10.1 Å². The molecule has 3 aromatic rings. The zero-order valence-electron chi connectivity index (χ0n) is 16.9. The van der Waals surface area contributed by atoms with Crippen molar-refractivity contribution in [3.05, 3.63) is 78.4 Å². The van der Waals surface area contributed by atoms with Crippen molar-refractivity contribution in [2.45, 2.75) is 13.3 Å². The third kappa shape index (κ3) is 4.00. The van der Waals surface area contributed by atoms with Crippen LogP contribution in [0.2, 0.25) is 0 Å². The van der Waals surface area contributed by atoms with Gasteiger partial charge in [-0.25, -0.2) is 4.98 Å². The Bertz CT molecular complexity index is 1060. The van der Waals surface area contributed by atoms with Crippen LogP contribution in [0.5, 0.6) is 5.75 Å². The number of carbonyl (C=O) groups is 1. The minimum Gasteiger partial charge on any atom is -0.497 e. The van der Waals surface area contributed by atoms with Crippen molar-refractivity contribution in [2.75, 3.05) is 18.7 Å². The number of ether oxygens (including phenoxy) is 1. The minimum atomic E-state index is -0.517. The van der Waals surface area contributed by atoms with Gasteiger partial charge in [0, 0.05) is 30.6 Å². The first-order valence-corrected chi connectivity index (χ1v) is 9.77. The Labute approximate surface area is 175 Å². The van der Waals surface area contributed by atoms with E-state index in [-0.39, 0.29) is 5.91 Å². The van der Waals surface area contributed by atoms with Crippen molar-refractivity contribution < 1.29 is 9.53 Å². The van der Waals surface area contributed by atoms with Crippen LogP contribution in [-0.4, -0.2) is 41.0 Å². The fourth-order valence-corrected chi connectivity index (χ4v) is 3.44. The molecule has 0 saturated heterocycles. The van der Waals surface area contributed by atoms with Crippen molar-refractivity contribution in [2.24, 2.45) is 16.0 Å². The molecule has 1 aliphatic rings. The molecule has 1 aromatic heterocycles. The molecule has 0 spiro atoms. The first kappa shape index (κ1) is 19.6. The van der Waals surface area contributed by atoms with Gasteiger partial charge in [-0.3, -0.25) is 9.79 Å². The van der Waals surface area contributed by atoms with Crippen LogP contribution < -0.4 is 9.75 Å². The Morgan fingerprint density at radius 1 is 1.17 bits per heavy atom. The fourth-order valence-electron chi connectivity index (χ4n) is 3.44. The number of amides is 1. The zero-order chi connectivity index (χ0) is 20.9. The van der Waals surface area contributed by atoms with E-state index in [0.717, 1.165) is 29.1 Å². The highest BCUT2D eigenvalue weighted by atomic mass is 16.5. The second kappa shape index (κ2) is 8.73. The molecule has 1 atom stereocenters. The highest BCUT2D eigenvalue weighted by Crippen LogP contribution is 2.29. The van der Waals surface area contributed by atoms with Gasteiger partial charge >= 0.3 is 0 Å². The molecule has 4 rings (SSSR count). The van der Waals surface area contributed by atoms with E-state index >= 15 is 0 Å². The number of nitrogens with zero attached hydrogens (tertiary/aromatic N) is 4. The van der Waals surface area contributed by atoms with E-state index in [1.54, 1.807) is 19.6 Å². The van der Waals surface area contributed by atoms with E-state index in [0.29, 0.717) is 17.9 Å². The second-order valence-electron chi connectivity index (χ2n) is 6.98. The number of imidazole rings is 1. The number of benzene rings is 2. The van der Waals surface area contributed by atoms with Crippen LogP contribution in [0.4, 0.5) is 5.69 Å². The number of aromatic nitrogens is 2. The number of hydrogen-bond acceptors (Lipinski definition) is 5. The van der Waals surface area contributed by atoms with Crippen LogP contribution in [-0.2, 0) is 11.2 Å². The van der Waals surface area contributed by atoms with E-state index < -0.39 is 5.92 Å².